The maximum absolute atomic E-state index is 11.7. The van der Waals surface area contributed by atoms with E-state index in [1.807, 2.05) is 0 Å². The van der Waals surface area contributed by atoms with Crippen LogP contribution in [0.2, 0.25) is 0 Å². The molecule has 16 heavy (non-hydrogen) atoms. The van der Waals surface area contributed by atoms with E-state index in [1.165, 1.54) is 19.3 Å². The summed E-state index contributed by atoms with van der Waals surface area (Å²) in [7, 11) is -3.21. The first-order valence-electron chi connectivity index (χ1n) is 6.16. The summed E-state index contributed by atoms with van der Waals surface area (Å²) in [5.74, 6) is 1.12. The molecule has 0 spiro atoms. The zero-order valence-electron chi connectivity index (χ0n) is 10.3. The number of rotatable bonds is 5. The molecule has 96 valence electrons. The van der Waals surface area contributed by atoms with Crippen molar-refractivity contribution in [3.63, 3.8) is 0 Å². The van der Waals surface area contributed by atoms with Gasteiger partial charge in [0, 0.05) is 13.1 Å². The van der Waals surface area contributed by atoms with Crippen LogP contribution in [0.3, 0.4) is 0 Å². The average molecular weight is 248 g/mol. The summed E-state index contributed by atoms with van der Waals surface area (Å²) in [5.41, 5.74) is 5.38. The van der Waals surface area contributed by atoms with E-state index >= 15 is 0 Å². The Hall–Kier alpha value is -0.130. The molecule has 4 nitrogen and oxygen atoms in total. The average Bonchev–Trinajstić information content (AvgIpc) is 2.27. The fraction of sp³-hybridized carbons (Fsp3) is 1.00. The Morgan fingerprint density at radius 1 is 1.38 bits per heavy atom. The van der Waals surface area contributed by atoms with E-state index in [9.17, 15) is 8.42 Å². The lowest BCUT2D eigenvalue weighted by Crippen LogP contribution is -2.40. The van der Waals surface area contributed by atoms with Crippen LogP contribution in [0.15, 0.2) is 0 Å². The summed E-state index contributed by atoms with van der Waals surface area (Å²) in [6.07, 6.45) is 4.87. The van der Waals surface area contributed by atoms with Crippen molar-refractivity contribution in [2.24, 2.45) is 17.6 Å². The number of hydrogen-bond donors (Lipinski definition) is 2. The van der Waals surface area contributed by atoms with E-state index in [4.69, 9.17) is 5.73 Å². The molecule has 3 atom stereocenters. The summed E-state index contributed by atoms with van der Waals surface area (Å²) < 4.78 is 26.1. The second kappa shape index (κ2) is 5.98. The molecule has 0 amide bonds. The lowest BCUT2D eigenvalue weighted by Gasteiger charge is -2.29. The van der Waals surface area contributed by atoms with E-state index in [1.54, 1.807) is 6.92 Å². The molecule has 0 saturated heterocycles. The molecule has 5 heteroatoms. The largest absolute Gasteiger partial charge is 0.329 e. The third kappa shape index (κ3) is 3.71. The summed E-state index contributed by atoms with van der Waals surface area (Å²) in [5, 5.41) is -0.494. The first-order valence-corrected chi connectivity index (χ1v) is 7.70. The van der Waals surface area contributed by atoms with Crippen molar-refractivity contribution in [3.05, 3.63) is 0 Å². The van der Waals surface area contributed by atoms with E-state index < -0.39 is 15.3 Å². The second-order valence-electron chi connectivity index (χ2n) is 4.96. The lowest BCUT2D eigenvalue weighted by molar-refractivity contribution is 0.257. The van der Waals surface area contributed by atoms with E-state index in [0.717, 1.165) is 6.42 Å². The van der Waals surface area contributed by atoms with Crippen LogP contribution >= 0.6 is 0 Å². The van der Waals surface area contributed by atoms with Crippen LogP contribution in [0.5, 0.6) is 0 Å². The maximum atomic E-state index is 11.7. The highest BCUT2D eigenvalue weighted by Gasteiger charge is 2.25. The Labute approximate surface area is 99.0 Å². The van der Waals surface area contributed by atoms with Gasteiger partial charge in [-0.3, -0.25) is 0 Å². The Kier molecular flexibility index (Phi) is 5.21. The molecular formula is C11H24N2O2S. The van der Waals surface area contributed by atoms with Crippen LogP contribution in [0, 0.1) is 11.8 Å². The second-order valence-corrected chi connectivity index (χ2v) is 7.15. The molecule has 1 saturated carbocycles. The van der Waals surface area contributed by atoms with Gasteiger partial charge in [-0.1, -0.05) is 26.2 Å². The van der Waals surface area contributed by atoms with Crippen molar-refractivity contribution >= 4 is 10.0 Å². The quantitative estimate of drug-likeness (QED) is 0.764. The zero-order chi connectivity index (χ0) is 12.2. The molecule has 1 rings (SSSR count). The highest BCUT2D eigenvalue weighted by molar-refractivity contribution is 7.90. The number of sulfonamides is 1. The van der Waals surface area contributed by atoms with Crippen LogP contribution in [0.25, 0.3) is 0 Å². The molecule has 1 aliphatic rings. The van der Waals surface area contributed by atoms with Gasteiger partial charge in [-0.2, -0.15) is 0 Å². The van der Waals surface area contributed by atoms with Gasteiger partial charge in [0.2, 0.25) is 10.0 Å². The van der Waals surface area contributed by atoms with Gasteiger partial charge in [-0.25, -0.2) is 13.1 Å². The molecule has 0 heterocycles. The fourth-order valence-corrected chi connectivity index (χ4v) is 3.17. The maximum Gasteiger partial charge on any atom is 0.215 e. The molecule has 0 aromatic rings. The molecule has 0 radical (unpaired) electrons. The summed E-state index contributed by atoms with van der Waals surface area (Å²) in [6, 6.07) is 0. The van der Waals surface area contributed by atoms with Crippen LogP contribution in [0.4, 0.5) is 0 Å². The Balaban J connectivity index is 2.44. The van der Waals surface area contributed by atoms with Gasteiger partial charge in [0.1, 0.15) is 0 Å². The van der Waals surface area contributed by atoms with Crippen molar-refractivity contribution in [1.29, 1.82) is 0 Å². The first kappa shape index (κ1) is 13.9. The molecule has 3 N–H and O–H groups in total. The number of nitrogens with two attached hydrogens (primary N) is 1. The zero-order valence-corrected chi connectivity index (χ0v) is 11.1. The standard InChI is InChI=1S/C11H24N2O2S/c1-9-5-3-4-6-11(9)8-13-16(14,15)10(2)7-12/h9-11,13H,3-8,12H2,1-2H3. The van der Waals surface area contributed by atoms with Gasteiger partial charge in [0.15, 0.2) is 0 Å². The van der Waals surface area contributed by atoms with Crippen molar-refractivity contribution in [2.45, 2.75) is 44.8 Å². The lowest BCUT2D eigenvalue weighted by atomic mass is 9.81. The molecule has 0 aliphatic heterocycles. The SMILES string of the molecule is CC1CCCCC1CNS(=O)(=O)C(C)CN. The minimum absolute atomic E-state index is 0.176. The van der Waals surface area contributed by atoms with Gasteiger partial charge in [0.25, 0.3) is 0 Å². The van der Waals surface area contributed by atoms with Gasteiger partial charge >= 0.3 is 0 Å². The highest BCUT2D eigenvalue weighted by Crippen LogP contribution is 2.29. The van der Waals surface area contributed by atoms with Crippen LogP contribution < -0.4 is 10.5 Å². The fourth-order valence-electron chi connectivity index (χ4n) is 2.19. The molecule has 0 aromatic carbocycles. The van der Waals surface area contributed by atoms with Crippen molar-refractivity contribution in [1.82, 2.24) is 4.72 Å². The third-order valence-electron chi connectivity index (χ3n) is 3.70. The predicted octanol–water partition coefficient (Wildman–Crippen LogP) is 1.08. The Bertz CT molecular complexity index is 303. The third-order valence-corrected chi connectivity index (χ3v) is 5.52. The van der Waals surface area contributed by atoms with Crippen LogP contribution in [-0.2, 0) is 10.0 Å². The van der Waals surface area contributed by atoms with E-state index in [2.05, 4.69) is 11.6 Å². The molecule has 0 aromatic heterocycles. The van der Waals surface area contributed by atoms with E-state index in [0.29, 0.717) is 18.4 Å². The Morgan fingerprint density at radius 3 is 2.56 bits per heavy atom. The molecule has 3 unspecified atom stereocenters. The normalized spacial score (nSPS) is 28.9. The predicted molar refractivity (Wildman–Crippen MR) is 66.6 cm³/mol. The number of hydrogen-bond acceptors (Lipinski definition) is 3. The molecule has 1 fully saturated rings. The minimum Gasteiger partial charge on any atom is -0.329 e. The van der Waals surface area contributed by atoms with Gasteiger partial charge in [-0.15, -0.1) is 0 Å². The highest BCUT2D eigenvalue weighted by atomic mass is 32.2. The van der Waals surface area contributed by atoms with E-state index in [-0.39, 0.29) is 6.54 Å². The van der Waals surface area contributed by atoms with Crippen molar-refractivity contribution < 1.29 is 8.42 Å². The summed E-state index contributed by atoms with van der Waals surface area (Å²) in [4.78, 5) is 0. The monoisotopic (exact) mass is 248 g/mol. The van der Waals surface area contributed by atoms with Crippen LogP contribution in [-0.4, -0.2) is 26.8 Å². The van der Waals surface area contributed by atoms with Crippen molar-refractivity contribution in [3.8, 4) is 0 Å². The molecule has 0 bridgehead atoms. The minimum atomic E-state index is -3.21. The first-order chi connectivity index (χ1) is 7.47. The molecular weight excluding hydrogens is 224 g/mol. The number of nitrogens with one attached hydrogen (secondary N) is 1. The van der Waals surface area contributed by atoms with Crippen molar-refractivity contribution in [2.75, 3.05) is 13.1 Å². The Morgan fingerprint density at radius 2 is 2.00 bits per heavy atom. The van der Waals surface area contributed by atoms with Gasteiger partial charge < -0.3 is 5.73 Å². The summed E-state index contributed by atoms with van der Waals surface area (Å²) in [6.45, 7) is 4.61. The molecule has 1 aliphatic carbocycles. The smallest absolute Gasteiger partial charge is 0.215 e. The van der Waals surface area contributed by atoms with Crippen LogP contribution in [0.1, 0.15) is 39.5 Å². The topological polar surface area (TPSA) is 72.2 Å². The summed E-state index contributed by atoms with van der Waals surface area (Å²) >= 11 is 0. The van der Waals surface area contributed by atoms with Gasteiger partial charge in [0.05, 0.1) is 5.25 Å². The van der Waals surface area contributed by atoms with Gasteiger partial charge in [-0.05, 0) is 25.2 Å².